The maximum Gasteiger partial charge on any atom is 0.409 e. The summed E-state index contributed by atoms with van der Waals surface area (Å²) in [6.45, 7) is 3.69. The molecule has 0 amide bonds. The molecule has 0 bridgehead atoms. The van der Waals surface area contributed by atoms with Gasteiger partial charge in [0.15, 0.2) is 0 Å². The van der Waals surface area contributed by atoms with E-state index < -0.39 is 6.18 Å². The number of carboxylic acid groups (broad SMARTS) is 1. The largest absolute Gasteiger partial charge is 0.483 e. The summed E-state index contributed by atoms with van der Waals surface area (Å²) in [6.07, 6.45) is -1.66. The number of carbonyl (C=O) groups is 1. The molecule has 1 rings (SSSR count). The molecule has 0 aromatic carbocycles. The maximum absolute atomic E-state index is 11.6. The third-order valence-electron chi connectivity index (χ3n) is 2.11. The predicted molar refractivity (Wildman–Crippen MR) is 45.8 cm³/mol. The Balaban J connectivity index is 0.000000500. The Hall–Kier alpha value is -1.00. The van der Waals surface area contributed by atoms with Crippen LogP contribution < -0.4 is 0 Å². The molecule has 0 radical (unpaired) electrons. The molecule has 14 heavy (non-hydrogen) atoms. The number of hydrogen-bond donors (Lipinski definition) is 1. The molecule has 1 atom stereocenters. The van der Waals surface area contributed by atoms with Crippen molar-refractivity contribution in [3.05, 3.63) is 12.2 Å². The van der Waals surface area contributed by atoms with E-state index in [2.05, 4.69) is 0 Å². The topological polar surface area (TPSA) is 37.3 Å². The number of hydrogen-bond acceptors (Lipinski definition) is 1. The van der Waals surface area contributed by atoms with Gasteiger partial charge in [-0.1, -0.05) is 19.9 Å². The van der Waals surface area contributed by atoms with Gasteiger partial charge in [0.1, 0.15) is 0 Å². The maximum atomic E-state index is 11.6. The number of allylic oxidation sites excluding steroid dienone is 2. The van der Waals surface area contributed by atoms with Crippen LogP contribution in [-0.2, 0) is 4.79 Å². The highest BCUT2D eigenvalue weighted by atomic mass is 19.4. The molecule has 0 aromatic rings. The zero-order valence-corrected chi connectivity index (χ0v) is 8.01. The first kappa shape index (κ1) is 13.0. The summed E-state index contributed by atoms with van der Waals surface area (Å²) in [7, 11) is 0. The Kier molecular flexibility index (Phi) is 4.16. The van der Waals surface area contributed by atoms with E-state index in [1.807, 2.05) is 13.8 Å². The van der Waals surface area contributed by atoms with Crippen LogP contribution in [-0.4, -0.2) is 17.8 Å². The van der Waals surface area contributed by atoms with Gasteiger partial charge in [-0.2, -0.15) is 13.2 Å². The summed E-state index contributed by atoms with van der Waals surface area (Å²) < 4.78 is 34.8. The Morgan fingerprint density at radius 1 is 1.43 bits per heavy atom. The second kappa shape index (κ2) is 4.48. The van der Waals surface area contributed by atoms with Crippen molar-refractivity contribution in [2.75, 3.05) is 0 Å². The molecule has 5 heteroatoms. The third kappa shape index (κ3) is 5.61. The molecule has 1 N–H and O–H groups in total. The monoisotopic (exact) mass is 210 g/mol. The summed E-state index contributed by atoms with van der Waals surface area (Å²) in [5, 5.41) is 6.89. The van der Waals surface area contributed by atoms with E-state index in [9.17, 15) is 13.2 Å². The highest BCUT2D eigenvalue weighted by Crippen LogP contribution is 2.52. The Morgan fingerprint density at radius 3 is 2.00 bits per heavy atom. The first-order chi connectivity index (χ1) is 6.23. The van der Waals surface area contributed by atoms with Gasteiger partial charge in [-0.05, 0) is 17.8 Å². The molecule has 1 unspecified atom stereocenters. The zero-order chi connectivity index (χ0) is 11.4. The molecule has 0 aromatic heterocycles. The Labute approximate surface area is 80.4 Å². The van der Waals surface area contributed by atoms with Crippen LogP contribution in [0.25, 0.3) is 0 Å². The van der Waals surface area contributed by atoms with E-state index in [0.29, 0.717) is 6.08 Å². The van der Waals surface area contributed by atoms with Gasteiger partial charge in [-0.25, -0.2) is 0 Å². The van der Waals surface area contributed by atoms with Crippen LogP contribution in [0.1, 0.15) is 20.3 Å². The molecule has 1 aliphatic carbocycles. The quantitative estimate of drug-likeness (QED) is 0.533. The molecule has 0 aliphatic heterocycles. The van der Waals surface area contributed by atoms with Gasteiger partial charge in [0.05, 0.1) is 0 Å². The van der Waals surface area contributed by atoms with E-state index in [4.69, 9.17) is 9.90 Å². The minimum atomic E-state index is -4.14. The molecule has 1 saturated carbocycles. The van der Waals surface area contributed by atoms with Crippen molar-refractivity contribution in [2.45, 2.75) is 26.4 Å². The zero-order valence-electron chi connectivity index (χ0n) is 8.01. The van der Waals surface area contributed by atoms with Crippen LogP contribution in [0.15, 0.2) is 12.2 Å². The first-order valence-corrected chi connectivity index (χ1v) is 4.07. The highest BCUT2D eigenvalue weighted by molar-refractivity contribution is 5.32. The van der Waals surface area contributed by atoms with E-state index in [-0.39, 0.29) is 17.8 Å². The minimum absolute atomic E-state index is 0.0990. The fraction of sp³-hybridized carbons (Fsp3) is 0.667. The number of alkyl halides is 3. The summed E-state index contributed by atoms with van der Waals surface area (Å²) in [5.41, 5.74) is 0.0990. The van der Waals surface area contributed by atoms with Gasteiger partial charge in [0.25, 0.3) is 6.47 Å². The molecule has 0 heterocycles. The molecular weight excluding hydrogens is 197 g/mol. The van der Waals surface area contributed by atoms with Crippen LogP contribution in [0.5, 0.6) is 0 Å². The van der Waals surface area contributed by atoms with Gasteiger partial charge in [0, 0.05) is 6.08 Å². The fourth-order valence-corrected chi connectivity index (χ4v) is 1.06. The summed E-state index contributed by atoms with van der Waals surface area (Å²) in [4.78, 5) is 8.36. The molecule has 1 fully saturated rings. The number of rotatable bonds is 1. The lowest BCUT2D eigenvalue weighted by molar-refractivity contribution is -0.122. The van der Waals surface area contributed by atoms with E-state index in [0.717, 1.165) is 6.42 Å². The van der Waals surface area contributed by atoms with Crippen molar-refractivity contribution < 1.29 is 23.1 Å². The van der Waals surface area contributed by atoms with E-state index in [1.54, 1.807) is 0 Å². The lowest BCUT2D eigenvalue weighted by Crippen LogP contribution is -2.01. The molecular formula is C9H13F3O2. The molecule has 1 aliphatic rings. The van der Waals surface area contributed by atoms with Gasteiger partial charge >= 0.3 is 6.18 Å². The lowest BCUT2D eigenvalue weighted by Gasteiger charge is -1.98. The minimum Gasteiger partial charge on any atom is -0.483 e. The fourth-order valence-electron chi connectivity index (χ4n) is 1.06. The smallest absolute Gasteiger partial charge is 0.409 e. The van der Waals surface area contributed by atoms with E-state index in [1.165, 1.54) is 6.08 Å². The first-order valence-electron chi connectivity index (χ1n) is 4.07. The molecule has 0 saturated heterocycles. The van der Waals surface area contributed by atoms with Gasteiger partial charge in [-0.3, -0.25) is 4.79 Å². The molecule has 82 valence electrons. The predicted octanol–water partition coefficient (Wildman–Crippen LogP) is 2.85. The van der Waals surface area contributed by atoms with Crippen molar-refractivity contribution in [3.8, 4) is 0 Å². The van der Waals surface area contributed by atoms with Crippen molar-refractivity contribution in [1.29, 1.82) is 0 Å². The van der Waals surface area contributed by atoms with Crippen LogP contribution in [0, 0.1) is 11.3 Å². The molecule has 0 spiro atoms. The van der Waals surface area contributed by atoms with Crippen molar-refractivity contribution in [3.63, 3.8) is 0 Å². The van der Waals surface area contributed by atoms with Crippen LogP contribution in [0.3, 0.4) is 0 Å². The Morgan fingerprint density at radius 2 is 1.79 bits per heavy atom. The summed E-state index contributed by atoms with van der Waals surface area (Å²) in [6, 6.07) is 0. The van der Waals surface area contributed by atoms with Crippen molar-refractivity contribution in [1.82, 2.24) is 0 Å². The second-order valence-corrected chi connectivity index (χ2v) is 3.81. The molecule has 2 nitrogen and oxygen atoms in total. The second-order valence-electron chi connectivity index (χ2n) is 3.81. The normalized spacial score (nSPS) is 23.9. The van der Waals surface area contributed by atoms with Crippen LogP contribution in [0.2, 0.25) is 0 Å². The van der Waals surface area contributed by atoms with Crippen LogP contribution >= 0.6 is 0 Å². The summed E-state index contributed by atoms with van der Waals surface area (Å²) in [5.74, 6) is 0.129. The van der Waals surface area contributed by atoms with Crippen LogP contribution in [0.4, 0.5) is 13.2 Å². The third-order valence-corrected chi connectivity index (χ3v) is 2.11. The van der Waals surface area contributed by atoms with E-state index >= 15 is 0 Å². The average molecular weight is 210 g/mol. The van der Waals surface area contributed by atoms with Gasteiger partial charge in [0.2, 0.25) is 0 Å². The highest BCUT2D eigenvalue weighted by Gasteiger charge is 2.44. The van der Waals surface area contributed by atoms with Gasteiger partial charge in [-0.15, -0.1) is 0 Å². The summed E-state index contributed by atoms with van der Waals surface area (Å²) >= 11 is 0. The average Bonchev–Trinajstić information content (AvgIpc) is 2.55. The number of halogens is 3. The standard InChI is InChI=1S/C8H11F3.CH2O2/c1-7(2)5-6(7)3-4-8(9,10)11;2-1-3/h3-4,6H,5H2,1-2H3;1H,(H,2,3)/b4-3-;. The van der Waals surface area contributed by atoms with Gasteiger partial charge < -0.3 is 5.11 Å². The van der Waals surface area contributed by atoms with Crippen molar-refractivity contribution >= 4 is 6.47 Å². The Bertz CT molecular complexity index is 219. The SMILES string of the molecule is CC1(C)CC1/C=C\C(F)(F)F.O=CO. The van der Waals surface area contributed by atoms with Crippen molar-refractivity contribution in [2.24, 2.45) is 11.3 Å². The lowest BCUT2D eigenvalue weighted by atomic mass is 10.1.